The van der Waals surface area contributed by atoms with E-state index in [1.54, 1.807) is 0 Å². The van der Waals surface area contributed by atoms with Crippen molar-refractivity contribution in [3.8, 4) is 0 Å². The summed E-state index contributed by atoms with van der Waals surface area (Å²) in [6, 6.07) is -1.92. The van der Waals surface area contributed by atoms with Crippen LogP contribution in [0.3, 0.4) is 0 Å². The Morgan fingerprint density at radius 3 is 2.44 bits per heavy atom. The average Bonchev–Trinajstić information content (AvgIpc) is 2.20. The number of hydrogen-bond donors (Lipinski definition) is 3. The molecule has 0 saturated heterocycles. The Morgan fingerprint density at radius 2 is 2.00 bits per heavy atom. The summed E-state index contributed by atoms with van der Waals surface area (Å²) in [5, 5.41) is 12.7. The lowest BCUT2D eigenvalue weighted by atomic mass is 10.1. The van der Waals surface area contributed by atoms with Gasteiger partial charge in [0.05, 0.1) is 6.54 Å². The molecular formula is C9H16F2N2O3. The van der Waals surface area contributed by atoms with Gasteiger partial charge < -0.3 is 15.7 Å². The molecule has 0 aromatic carbocycles. The second-order valence-electron chi connectivity index (χ2n) is 3.28. The number of carbonyl (C=O) groups excluding carboxylic acids is 1. The van der Waals surface area contributed by atoms with E-state index in [9.17, 15) is 18.4 Å². The third-order valence-corrected chi connectivity index (χ3v) is 1.87. The van der Waals surface area contributed by atoms with Gasteiger partial charge >= 0.3 is 12.0 Å². The number of unbranched alkanes of at least 4 members (excludes halogenated alkanes) is 1. The van der Waals surface area contributed by atoms with Crippen molar-refractivity contribution in [2.45, 2.75) is 38.7 Å². The van der Waals surface area contributed by atoms with E-state index in [0.29, 0.717) is 6.42 Å². The second kappa shape index (κ2) is 7.84. The van der Waals surface area contributed by atoms with E-state index < -0.39 is 31.0 Å². The maximum Gasteiger partial charge on any atom is 0.326 e. The van der Waals surface area contributed by atoms with Gasteiger partial charge in [0, 0.05) is 0 Å². The molecule has 1 atom stereocenters. The van der Waals surface area contributed by atoms with Crippen molar-refractivity contribution >= 4 is 12.0 Å². The van der Waals surface area contributed by atoms with Crippen LogP contribution in [0.2, 0.25) is 0 Å². The van der Waals surface area contributed by atoms with Gasteiger partial charge in [-0.1, -0.05) is 19.8 Å². The first-order valence-corrected chi connectivity index (χ1v) is 5.02. The number of alkyl halides is 2. The van der Waals surface area contributed by atoms with Gasteiger partial charge in [0.25, 0.3) is 6.43 Å². The number of carbonyl (C=O) groups is 2. The maximum atomic E-state index is 11.7. The zero-order valence-electron chi connectivity index (χ0n) is 9.00. The number of amides is 2. The zero-order valence-corrected chi connectivity index (χ0v) is 9.00. The molecule has 0 aliphatic carbocycles. The number of urea groups is 1. The highest BCUT2D eigenvalue weighted by Gasteiger charge is 2.19. The SMILES string of the molecule is CCCCC(NC(=O)NCC(F)F)C(=O)O. The quantitative estimate of drug-likeness (QED) is 0.623. The first-order chi connectivity index (χ1) is 7.47. The summed E-state index contributed by atoms with van der Waals surface area (Å²) in [4.78, 5) is 21.7. The molecule has 0 spiro atoms. The fourth-order valence-corrected chi connectivity index (χ4v) is 1.04. The largest absolute Gasteiger partial charge is 0.480 e. The molecule has 0 bridgehead atoms. The van der Waals surface area contributed by atoms with Crippen molar-refractivity contribution in [1.82, 2.24) is 10.6 Å². The van der Waals surface area contributed by atoms with E-state index in [1.165, 1.54) is 0 Å². The highest BCUT2D eigenvalue weighted by atomic mass is 19.3. The molecular weight excluding hydrogens is 222 g/mol. The van der Waals surface area contributed by atoms with Crippen LogP contribution in [0.25, 0.3) is 0 Å². The molecule has 0 saturated carbocycles. The molecule has 0 aliphatic rings. The minimum Gasteiger partial charge on any atom is -0.480 e. The molecule has 0 aromatic rings. The van der Waals surface area contributed by atoms with Crippen molar-refractivity contribution in [1.29, 1.82) is 0 Å². The Balaban J connectivity index is 3.98. The standard InChI is InChI=1S/C9H16F2N2O3/c1-2-3-4-6(8(14)15)13-9(16)12-5-7(10)11/h6-7H,2-5H2,1H3,(H,14,15)(H2,12,13,16). The summed E-state index contributed by atoms with van der Waals surface area (Å²) in [5.41, 5.74) is 0. The number of carboxylic acid groups (broad SMARTS) is 1. The van der Waals surface area contributed by atoms with Crippen LogP contribution < -0.4 is 10.6 Å². The van der Waals surface area contributed by atoms with Crippen LogP contribution in [-0.4, -0.2) is 36.1 Å². The molecule has 5 nitrogen and oxygen atoms in total. The van der Waals surface area contributed by atoms with E-state index in [4.69, 9.17) is 5.11 Å². The lowest BCUT2D eigenvalue weighted by molar-refractivity contribution is -0.139. The summed E-state index contributed by atoms with van der Waals surface area (Å²) >= 11 is 0. The minimum absolute atomic E-state index is 0.286. The lowest BCUT2D eigenvalue weighted by Crippen LogP contribution is -2.47. The topological polar surface area (TPSA) is 78.4 Å². The number of halogens is 2. The Labute approximate surface area is 92.2 Å². The van der Waals surface area contributed by atoms with Gasteiger partial charge in [0.1, 0.15) is 6.04 Å². The van der Waals surface area contributed by atoms with Crippen molar-refractivity contribution in [3.63, 3.8) is 0 Å². The van der Waals surface area contributed by atoms with Crippen molar-refractivity contribution < 1.29 is 23.5 Å². The predicted molar refractivity (Wildman–Crippen MR) is 53.5 cm³/mol. The van der Waals surface area contributed by atoms with Gasteiger partial charge in [-0.05, 0) is 6.42 Å². The van der Waals surface area contributed by atoms with E-state index >= 15 is 0 Å². The van der Waals surface area contributed by atoms with Gasteiger partial charge in [0.2, 0.25) is 0 Å². The summed E-state index contributed by atoms with van der Waals surface area (Å²) in [6.07, 6.45) is -0.922. The molecule has 0 fully saturated rings. The molecule has 7 heteroatoms. The first-order valence-electron chi connectivity index (χ1n) is 5.02. The molecule has 1 unspecified atom stereocenters. The second-order valence-corrected chi connectivity index (χ2v) is 3.28. The molecule has 3 N–H and O–H groups in total. The highest BCUT2D eigenvalue weighted by molar-refractivity contribution is 5.82. The lowest BCUT2D eigenvalue weighted by Gasteiger charge is -2.14. The highest BCUT2D eigenvalue weighted by Crippen LogP contribution is 2.00. The molecule has 94 valence electrons. The molecule has 0 heterocycles. The van der Waals surface area contributed by atoms with Gasteiger partial charge in [-0.15, -0.1) is 0 Å². The van der Waals surface area contributed by atoms with Crippen LogP contribution in [0.5, 0.6) is 0 Å². The Bertz CT molecular complexity index is 237. The van der Waals surface area contributed by atoms with Gasteiger partial charge in [0.15, 0.2) is 0 Å². The Morgan fingerprint density at radius 1 is 1.38 bits per heavy atom. The van der Waals surface area contributed by atoms with Crippen molar-refractivity contribution in [2.75, 3.05) is 6.54 Å². The predicted octanol–water partition coefficient (Wildman–Crippen LogP) is 1.19. The summed E-state index contributed by atoms with van der Waals surface area (Å²) in [6.45, 7) is 1.10. The van der Waals surface area contributed by atoms with Crippen LogP contribution in [-0.2, 0) is 4.79 Å². The van der Waals surface area contributed by atoms with Crippen LogP contribution >= 0.6 is 0 Å². The number of hydrogen-bond acceptors (Lipinski definition) is 2. The number of rotatable bonds is 7. The number of aliphatic carboxylic acids is 1. The van der Waals surface area contributed by atoms with Crippen LogP contribution in [0.15, 0.2) is 0 Å². The first kappa shape index (κ1) is 14.6. The molecule has 2 amide bonds. The fourth-order valence-electron chi connectivity index (χ4n) is 1.04. The fraction of sp³-hybridized carbons (Fsp3) is 0.778. The van der Waals surface area contributed by atoms with Crippen molar-refractivity contribution in [2.24, 2.45) is 0 Å². The van der Waals surface area contributed by atoms with E-state index in [2.05, 4.69) is 5.32 Å². The van der Waals surface area contributed by atoms with E-state index in [1.807, 2.05) is 12.2 Å². The third-order valence-electron chi connectivity index (χ3n) is 1.87. The molecule has 0 aromatic heterocycles. The summed E-state index contributed by atoms with van der Waals surface area (Å²) < 4.78 is 23.5. The number of nitrogens with one attached hydrogen (secondary N) is 2. The van der Waals surface area contributed by atoms with Gasteiger partial charge in [-0.25, -0.2) is 18.4 Å². The Kier molecular flexibility index (Phi) is 7.15. The molecule has 0 radical (unpaired) electrons. The van der Waals surface area contributed by atoms with Crippen molar-refractivity contribution in [3.05, 3.63) is 0 Å². The van der Waals surface area contributed by atoms with Gasteiger partial charge in [-0.3, -0.25) is 0 Å². The summed E-state index contributed by atoms with van der Waals surface area (Å²) in [7, 11) is 0. The average molecular weight is 238 g/mol. The van der Waals surface area contributed by atoms with Gasteiger partial charge in [-0.2, -0.15) is 0 Å². The van der Waals surface area contributed by atoms with E-state index in [0.717, 1.165) is 6.42 Å². The molecule has 0 rings (SSSR count). The summed E-state index contributed by atoms with van der Waals surface area (Å²) in [5.74, 6) is -1.17. The smallest absolute Gasteiger partial charge is 0.326 e. The van der Waals surface area contributed by atoms with Crippen LogP contribution in [0.4, 0.5) is 13.6 Å². The van der Waals surface area contributed by atoms with Crippen LogP contribution in [0.1, 0.15) is 26.2 Å². The Hall–Kier alpha value is -1.40. The van der Waals surface area contributed by atoms with Crippen LogP contribution in [0, 0.1) is 0 Å². The van der Waals surface area contributed by atoms with E-state index in [-0.39, 0.29) is 6.42 Å². The minimum atomic E-state index is -2.65. The normalized spacial score (nSPS) is 12.2. The molecule has 16 heavy (non-hydrogen) atoms. The molecule has 0 aliphatic heterocycles. The monoisotopic (exact) mass is 238 g/mol. The number of carboxylic acids is 1. The zero-order chi connectivity index (χ0) is 12.6. The maximum absolute atomic E-state index is 11.7. The third kappa shape index (κ3) is 6.97.